The molecular formula is C16H24ClN5O. The van der Waals surface area contributed by atoms with Crippen LogP contribution in [0.4, 0.5) is 11.8 Å². The third-order valence-electron chi connectivity index (χ3n) is 4.78. The first-order chi connectivity index (χ1) is 11.1. The number of nitrogens with two attached hydrogens (primary N) is 1. The first kappa shape index (κ1) is 16.3. The van der Waals surface area contributed by atoms with Gasteiger partial charge in [-0.2, -0.15) is 4.98 Å². The summed E-state index contributed by atoms with van der Waals surface area (Å²) < 4.78 is 0. The van der Waals surface area contributed by atoms with Crippen molar-refractivity contribution in [3.8, 4) is 0 Å². The van der Waals surface area contributed by atoms with Gasteiger partial charge in [0.1, 0.15) is 11.0 Å². The van der Waals surface area contributed by atoms with Gasteiger partial charge in [0.2, 0.25) is 11.9 Å². The molecular weight excluding hydrogens is 314 g/mol. The lowest BCUT2D eigenvalue weighted by molar-refractivity contribution is -0.136. The van der Waals surface area contributed by atoms with E-state index in [9.17, 15) is 4.79 Å². The molecule has 0 saturated carbocycles. The zero-order valence-electron chi connectivity index (χ0n) is 13.4. The number of carbonyl (C=O) groups excluding carboxylic acids is 1. The lowest BCUT2D eigenvalue weighted by Crippen LogP contribution is -2.43. The van der Waals surface area contributed by atoms with Crippen molar-refractivity contribution in [1.82, 2.24) is 14.9 Å². The van der Waals surface area contributed by atoms with E-state index < -0.39 is 0 Å². The smallest absolute Gasteiger partial charge is 0.225 e. The molecule has 126 valence electrons. The molecule has 0 spiro atoms. The Bertz CT molecular complexity index is 531. The van der Waals surface area contributed by atoms with Crippen LogP contribution in [0.5, 0.6) is 0 Å². The van der Waals surface area contributed by atoms with E-state index in [4.69, 9.17) is 17.3 Å². The fourth-order valence-corrected chi connectivity index (χ4v) is 3.67. The number of nitrogens with zero attached hydrogens (tertiary/aromatic N) is 4. The molecule has 3 heterocycles. The fraction of sp³-hybridized carbons (Fsp3) is 0.688. The van der Waals surface area contributed by atoms with Crippen LogP contribution in [0, 0.1) is 5.92 Å². The molecule has 2 fully saturated rings. The van der Waals surface area contributed by atoms with Gasteiger partial charge in [-0.1, -0.05) is 24.4 Å². The molecule has 23 heavy (non-hydrogen) atoms. The average molecular weight is 338 g/mol. The van der Waals surface area contributed by atoms with Crippen LogP contribution >= 0.6 is 11.6 Å². The molecule has 0 unspecified atom stereocenters. The van der Waals surface area contributed by atoms with Gasteiger partial charge >= 0.3 is 0 Å². The number of hydrogen-bond donors (Lipinski definition) is 1. The second kappa shape index (κ2) is 7.34. The maximum absolute atomic E-state index is 12.7. The number of aromatic nitrogens is 2. The minimum Gasteiger partial charge on any atom is -0.368 e. The number of hydrogen-bond acceptors (Lipinski definition) is 5. The van der Waals surface area contributed by atoms with Crippen molar-refractivity contribution in [3.63, 3.8) is 0 Å². The molecule has 2 aliphatic rings. The predicted octanol–water partition coefficient (Wildman–Crippen LogP) is 2.33. The molecule has 2 aliphatic heterocycles. The molecule has 0 bridgehead atoms. The Balaban J connectivity index is 1.58. The standard InChI is InChI=1S/C16H24ClN5O/c17-13-11-14(20-16(18)19-13)21-9-5-12(6-10-21)15(23)22-7-3-1-2-4-8-22/h11-12H,1-10H2,(H2,18,19,20). The Hall–Kier alpha value is -1.56. The van der Waals surface area contributed by atoms with Crippen LogP contribution < -0.4 is 10.6 Å². The third kappa shape index (κ3) is 4.05. The topological polar surface area (TPSA) is 75.3 Å². The van der Waals surface area contributed by atoms with Gasteiger partial charge < -0.3 is 15.5 Å². The molecule has 0 radical (unpaired) electrons. The zero-order valence-corrected chi connectivity index (χ0v) is 14.1. The summed E-state index contributed by atoms with van der Waals surface area (Å²) in [5.74, 6) is 1.42. The highest BCUT2D eigenvalue weighted by Gasteiger charge is 2.29. The van der Waals surface area contributed by atoms with Crippen LogP contribution in [-0.2, 0) is 4.79 Å². The number of carbonyl (C=O) groups is 1. The molecule has 0 aliphatic carbocycles. The Kier molecular flexibility index (Phi) is 5.20. The quantitative estimate of drug-likeness (QED) is 0.838. The molecule has 2 N–H and O–H groups in total. The van der Waals surface area contributed by atoms with E-state index in [0.29, 0.717) is 11.1 Å². The SMILES string of the molecule is Nc1nc(Cl)cc(N2CCC(C(=O)N3CCCCCC3)CC2)n1. The average Bonchev–Trinajstić information content (AvgIpc) is 2.83. The van der Waals surface area contributed by atoms with E-state index in [-0.39, 0.29) is 11.9 Å². The van der Waals surface area contributed by atoms with Crippen molar-refractivity contribution in [2.24, 2.45) is 5.92 Å². The summed E-state index contributed by atoms with van der Waals surface area (Å²) in [7, 11) is 0. The highest BCUT2D eigenvalue weighted by atomic mass is 35.5. The van der Waals surface area contributed by atoms with Gasteiger partial charge in [0.15, 0.2) is 0 Å². The number of rotatable bonds is 2. The maximum atomic E-state index is 12.7. The van der Waals surface area contributed by atoms with Crippen molar-refractivity contribution >= 4 is 29.3 Å². The van der Waals surface area contributed by atoms with Crippen LogP contribution in [0.1, 0.15) is 38.5 Å². The second-order valence-electron chi connectivity index (χ2n) is 6.41. The number of piperidine rings is 1. The van der Waals surface area contributed by atoms with Crippen LogP contribution in [-0.4, -0.2) is 47.0 Å². The lowest BCUT2D eigenvalue weighted by Gasteiger charge is -2.34. The second-order valence-corrected chi connectivity index (χ2v) is 6.80. The predicted molar refractivity (Wildman–Crippen MR) is 91.4 cm³/mol. The van der Waals surface area contributed by atoms with Crippen LogP contribution in [0.2, 0.25) is 5.15 Å². The summed E-state index contributed by atoms with van der Waals surface area (Å²) in [5, 5.41) is 0.357. The highest BCUT2D eigenvalue weighted by Crippen LogP contribution is 2.26. The lowest BCUT2D eigenvalue weighted by atomic mass is 9.95. The van der Waals surface area contributed by atoms with Crippen LogP contribution in [0.3, 0.4) is 0 Å². The molecule has 7 heteroatoms. The van der Waals surface area contributed by atoms with Gasteiger partial charge in [-0.05, 0) is 25.7 Å². The van der Waals surface area contributed by atoms with Gasteiger partial charge in [0.25, 0.3) is 0 Å². The first-order valence-corrected chi connectivity index (χ1v) is 8.85. The van der Waals surface area contributed by atoms with Gasteiger partial charge in [-0.3, -0.25) is 4.79 Å². The van der Waals surface area contributed by atoms with Gasteiger partial charge in [-0.15, -0.1) is 0 Å². The molecule has 1 aromatic heterocycles. The summed E-state index contributed by atoms with van der Waals surface area (Å²) in [6.07, 6.45) is 6.50. The van der Waals surface area contributed by atoms with Crippen molar-refractivity contribution < 1.29 is 4.79 Å². The van der Waals surface area contributed by atoms with Crippen molar-refractivity contribution in [2.45, 2.75) is 38.5 Å². The Morgan fingerprint density at radius 2 is 1.74 bits per heavy atom. The summed E-state index contributed by atoms with van der Waals surface area (Å²) in [4.78, 5) is 25.0. The molecule has 3 rings (SSSR count). The number of anilines is 2. The van der Waals surface area contributed by atoms with E-state index in [1.54, 1.807) is 6.07 Å². The fourth-order valence-electron chi connectivity index (χ4n) is 3.49. The minimum absolute atomic E-state index is 0.138. The van der Waals surface area contributed by atoms with Gasteiger partial charge in [0.05, 0.1) is 0 Å². The van der Waals surface area contributed by atoms with E-state index in [1.165, 1.54) is 12.8 Å². The number of halogens is 1. The monoisotopic (exact) mass is 337 g/mol. The van der Waals surface area contributed by atoms with Crippen LogP contribution in [0.15, 0.2) is 6.07 Å². The zero-order chi connectivity index (χ0) is 16.2. The molecule has 0 aromatic carbocycles. The first-order valence-electron chi connectivity index (χ1n) is 8.47. The largest absolute Gasteiger partial charge is 0.368 e. The van der Waals surface area contributed by atoms with Gasteiger partial charge in [0, 0.05) is 38.2 Å². The molecule has 2 saturated heterocycles. The number of amides is 1. The molecule has 1 amide bonds. The Labute approximate surface area is 142 Å². The van der Waals surface area contributed by atoms with Crippen molar-refractivity contribution in [3.05, 3.63) is 11.2 Å². The van der Waals surface area contributed by atoms with Crippen molar-refractivity contribution in [2.75, 3.05) is 36.8 Å². The van der Waals surface area contributed by atoms with Crippen molar-refractivity contribution in [1.29, 1.82) is 0 Å². The summed E-state index contributed by atoms with van der Waals surface area (Å²) in [5.41, 5.74) is 5.66. The number of likely N-dealkylation sites (tertiary alicyclic amines) is 1. The van der Waals surface area contributed by atoms with Crippen LogP contribution in [0.25, 0.3) is 0 Å². The summed E-state index contributed by atoms with van der Waals surface area (Å²) in [6.45, 7) is 3.46. The number of nitrogen functional groups attached to an aromatic ring is 1. The highest BCUT2D eigenvalue weighted by molar-refractivity contribution is 6.29. The van der Waals surface area contributed by atoms with E-state index >= 15 is 0 Å². The third-order valence-corrected chi connectivity index (χ3v) is 4.98. The Morgan fingerprint density at radius 1 is 1.09 bits per heavy atom. The minimum atomic E-state index is 0.138. The summed E-state index contributed by atoms with van der Waals surface area (Å²) >= 11 is 5.95. The van der Waals surface area contributed by atoms with Gasteiger partial charge in [-0.25, -0.2) is 4.98 Å². The van der Waals surface area contributed by atoms with E-state index in [2.05, 4.69) is 19.8 Å². The van der Waals surface area contributed by atoms with E-state index in [1.807, 2.05) is 0 Å². The Morgan fingerprint density at radius 3 is 2.35 bits per heavy atom. The summed E-state index contributed by atoms with van der Waals surface area (Å²) in [6, 6.07) is 1.73. The maximum Gasteiger partial charge on any atom is 0.225 e. The van der Waals surface area contributed by atoms with E-state index in [0.717, 1.165) is 57.7 Å². The molecule has 6 nitrogen and oxygen atoms in total. The normalized spacial score (nSPS) is 20.4. The molecule has 0 atom stereocenters. The molecule has 1 aromatic rings.